The number of hydrogen-bond acceptors (Lipinski definition) is 11. The Kier molecular flexibility index (Phi) is 6.42. The molecule has 12 heteroatoms. The summed E-state index contributed by atoms with van der Waals surface area (Å²) in [5, 5.41) is 61.3. The first kappa shape index (κ1) is 22.9. The van der Waals surface area contributed by atoms with Crippen LogP contribution in [-0.4, -0.2) is 82.7 Å². The third-order valence-electron chi connectivity index (χ3n) is 4.07. The second kappa shape index (κ2) is 7.01. The molecule has 142 valence electrons. The number of Topliss-reactive ketones (excluding diaryl/α,β-unsaturated/α-hetero) is 4. The average Bonchev–Trinajstić information content (AvgIpc) is 2.49. The molecule has 12 nitrogen and oxygen atoms in total. The number of nitrogens with zero attached hydrogens (tertiary/aromatic N) is 1. The molecule has 0 bridgehead atoms. The van der Waals surface area contributed by atoms with Gasteiger partial charge in [0.15, 0.2) is 34.8 Å². The van der Waals surface area contributed by atoms with Crippen LogP contribution in [-0.2, 0) is 19.2 Å². The van der Waals surface area contributed by atoms with Crippen LogP contribution in [0.25, 0.3) is 0 Å². The van der Waals surface area contributed by atoms with E-state index in [1.807, 2.05) is 0 Å². The fraction of sp³-hybridized carbons (Fsp3) is 0.692. The number of rotatable bonds is 9. The van der Waals surface area contributed by atoms with E-state index in [2.05, 4.69) is 0 Å². The first-order valence-electron chi connectivity index (χ1n) is 6.75. The summed E-state index contributed by atoms with van der Waals surface area (Å²) in [4.78, 5) is 56.5. The Hall–Kier alpha value is -2.12. The summed E-state index contributed by atoms with van der Waals surface area (Å²) in [7, 11) is 0. The van der Waals surface area contributed by atoms with Gasteiger partial charge in [0.05, 0.1) is 4.92 Å². The van der Waals surface area contributed by atoms with Gasteiger partial charge < -0.3 is 25.5 Å². The Morgan fingerprint density at radius 2 is 1.20 bits per heavy atom. The molecular formula is C13H19NO11. The number of aliphatic hydroxyl groups is 5. The van der Waals surface area contributed by atoms with Gasteiger partial charge in [-0.15, -0.1) is 0 Å². The molecule has 0 radical (unpaired) electrons. The number of nitro groups is 1. The van der Waals surface area contributed by atoms with E-state index in [-0.39, 0.29) is 0 Å². The highest BCUT2D eigenvalue weighted by Crippen LogP contribution is 2.40. The predicted molar refractivity (Wildman–Crippen MR) is 76.6 cm³/mol. The zero-order chi connectivity index (χ0) is 20.5. The predicted octanol–water partition coefficient (Wildman–Crippen LogP) is -3.51. The van der Waals surface area contributed by atoms with Crippen molar-refractivity contribution in [1.82, 2.24) is 0 Å². The van der Waals surface area contributed by atoms with Gasteiger partial charge in [-0.2, -0.15) is 0 Å². The van der Waals surface area contributed by atoms with Crippen LogP contribution in [0.3, 0.4) is 0 Å². The van der Waals surface area contributed by atoms with Crippen LogP contribution in [0.5, 0.6) is 0 Å². The van der Waals surface area contributed by atoms with Crippen molar-refractivity contribution in [3.8, 4) is 0 Å². The number of carbonyl (C=O) groups excluding carboxylic acids is 4. The van der Waals surface area contributed by atoms with Crippen molar-refractivity contribution in [3.63, 3.8) is 0 Å². The van der Waals surface area contributed by atoms with Crippen LogP contribution >= 0.6 is 0 Å². The molecule has 0 amide bonds. The van der Waals surface area contributed by atoms with E-state index >= 15 is 0 Å². The van der Waals surface area contributed by atoms with E-state index in [0.29, 0.717) is 27.7 Å². The van der Waals surface area contributed by atoms with Gasteiger partial charge >= 0.3 is 6.23 Å². The molecule has 0 aromatic rings. The second-order valence-electron chi connectivity index (χ2n) is 5.56. The summed E-state index contributed by atoms with van der Waals surface area (Å²) in [5.41, 5.74) is -11.7. The topological polar surface area (TPSA) is 213 Å². The van der Waals surface area contributed by atoms with Gasteiger partial charge in [-0.1, -0.05) is 0 Å². The van der Waals surface area contributed by atoms with E-state index in [9.17, 15) is 54.8 Å². The van der Waals surface area contributed by atoms with Crippen LogP contribution in [0.4, 0.5) is 0 Å². The number of hydrogen-bond donors (Lipinski definition) is 5. The summed E-state index contributed by atoms with van der Waals surface area (Å²) in [6.45, 7) is 1.97. The lowest BCUT2D eigenvalue weighted by atomic mass is 9.61. The van der Waals surface area contributed by atoms with Gasteiger partial charge in [-0.05, 0) is 27.7 Å². The Labute approximate surface area is 140 Å². The van der Waals surface area contributed by atoms with Crippen LogP contribution in [0, 0.1) is 10.1 Å². The first-order chi connectivity index (χ1) is 11.0. The quantitative estimate of drug-likeness (QED) is 0.117. The molecule has 0 spiro atoms. The second-order valence-corrected chi connectivity index (χ2v) is 5.56. The molecule has 0 aliphatic heterocycles. The summed E-state index contributed by atoms with van der Waals surface area (Å²) in [6, 6.07) is 0. The number of ketones is 4. The maximum absolute atomic E-state index is 12.0. The maximum Gasteiger partial charge on any atom is 0.342 e. The summed E-state index contributed by atoms with van der Waals surface area (Å²) in [6.07, 6.45) is -6.29. The lowest BCUT2D eigenvalue weighted by Crippen LogP contribution is -2.82. The van der Waals surface area contributed by atoms with Gasteiger partial charge in [0, 0.05) is 0 Å². The minimum absolute atomic E-state index is 0.449. The third-order valence-corrected chi connectivity index (χ3v) is 4.07. The normalized spacial score (nSPS) is 19.1. The van der Waals surface area contributed by atoms with E-state index < -0.39 is 57.2 Å². The van der Waals surface area contributed by atoms with Crippen LogP contribution in [0.2, 0.25) is 0 Å². The molecule has 0 heterocycles. The van der Waals surface area contributed by atoms with Crippen molar-refractivity contribution in [3.05, 3.63) is 10.1 Å². The summed E-state index contributed by atoms with van der Waals surface area (Å²) >= 11 is 0. The summed E-state index contributed by atoms with van der Waals surface area (Å²) in [5.74, 6) is -6.67. The SMILES string of the molecule is CC(=O)C(O)(C(C)=O)[C@](O)(C(C)=O)[C@@](O)(C(C)=O)[C@H](O)C(O)[N+](=O)[O-]. The van der Waals surface area contributed by atoms with Gasteiger partial charge in [0.1, 0.15) is 0 Å². The number of aliphatic hydroxyl groups excluding tert-OH is 2. The minimum Gasteiger partial charge on any atom is -0.380 e. The van der Waals surface area contributed by atoms with Crippen LogP contribution in [0.15, 0.2) is 0 Å². The molecule has 0 rings (SSSR count). The maximum atomic E-state index is 12.0. The highest BCUT2D eigenvalue weighted by atomic mass is 16.7. The molecule has 5 N–H and O–H groups in total. The van der Waals surface area contributed by atoms with Crippen molar-refractivity contribution in [2.45, 2.75) is 56.8 Å². The van der Waals surface area contributed by atoms with Crippen molar-refractivity contribution in [1.29, 1.82) is 0 Å². The fourth-order valence-corrected chi connectivity index (χ4v) is 2.56. The van der Waals surface area contributed by atoms with E-state index in [4.69, 9.17) is 0 Å². The fourth-order valence-electron chi connectivity index (χ4n) is 2.56. The molecule has 0 aromatic carbocycles. The van der Waals surface area contributed by atoms with Gasteiger partial charge in [0.2, 0.25) is 11.2 Å². The molecule has 0 aromatic heterocycles. The van der Waals surface area contributed by atoms with Crippen molar-refractivity contribution in [2.24, 2.45) is 0 Å². The Morgan fingerprint density at radius 1 is 0.840 bits per heavy atom. The molecule has 4 atom stereocenters. The van der Waals surface area contributed by atoms with Gasteiger partial charge in [0.25, 0.3) is 0 Å². The van der Waals surface area contributed by atoms with Gasteiger partial charge in [-0.25, -0.2) is 0 Å². The molecular weight excluding hydrogens is 346 g/mol. The van der Waals surface area contributed by atoms with E-state index in [0.717, 1.165) is 0 Å². The smallest absolute Gasteiger partial charge is 0.342 e. The van der Waals surface area contributed by atoms with Crippen molar-refractivity contribution < 1.29 is 49.6 Å². The lowest BCUT2D eigenvalue weighted by Gasteiger charge is -2.48. The molecule has 25 heavy (non-hydrogen) atoms. The molecule has 0 aliphatic rings. The highest BCUT2D eigenvalue weighted by molar-refractivity contribution is 6.17. The Bertz CT molecular complexity index is 615. The Morgan fingerprint density at radius 3 is 1.40 bits per heavy atom. The average molecular weight is 365 g/mol. The Balaban J connectivity index is 7.06. The standard InChI is InChI=1S/C13H19NO11/c1-5(15)11(21,6(2)16)13(23,8(4)18)12(22,7(3)17)9(19)10(20)14(24)25/h9-10,19-23H,1-4H3/t9-,10?,12-,13-/m1/s1. The molecule has 0 saturated carbocycles. The highest BCUT2D eigenvalue weighted by Gasteiger charge is 2.75. The van der Waals surface area contributed by atoms with Crippen molar-refractivity contribution in [2.75, 3.05) is 0 Å². The minimum atomic E-state index is -4.03. The van der Waals surface area contributed by atoms with Gasteiger partial charge in [-0.3, -0.25) is 29.3 Å². The summed E-state index contributed by atoms with van der Waals surface area (Å²) < 4.78 is 0. The lowest BCUT2D eigenvalue weighted by molar-refractivity contribution is -0.588. The monoisotopic (exact) mass is 365 g/mol. The molecule has 0 aliphatic carbocycles. The zero-order valence-corrected chi connectivity index (χ0v) is 13.8. The molecule has 0 saturated heterocycles. The van der Waals surface area contributed by atoms with E-state index in [1.54, 1.807) is 0 Å². The largest absolute Gasteiger partial charge is 0.380 e. The third kappa shape index (κ3) is 2.98. The van der Waals surface area contributed by atoms with E-state index in [1.165, 1.54) is 0 Å². The molecule has 0 fully saturated rings. The first-order valence-corrected chi connectivity index (χ1v) is 6.75. The zero-order valence-electron chi connectivity index (χ0n) is 13.8. The van der Waals surface area contributed by atoms with Crippen LogP contribution in [0.1, 0.15) is 27.7 Å². The number of carbonyl (C=O) groups is 4. The van der Waals surface area contributed by atoms with Crippen molar-refractivity contribution >= 4 is 23.1 Å². The molecule has 1 unspecified atom stereocenters. The van der Waals surface area contributed by atoms with Crippen LogP contribution < -0.4 is 0 Å².